The molecular weight excluding hydrogens is 205 g/mol. The van der Waals surface area contributed by atoms with Crippen LogP contribution in [0.4, 0.5) is 4.48 Å². The standard InChI is InChI=1S/C6H6FNO2S.ClH/c7-8-11(9,10)6-4-2-1-3-5-6;/h1-5,8H;1H. The van der Waals surface area contributed by atoms with Gasteiger partial charge in [-0.1, -0.05) is 18.2 Å². The van der Waals surface area contributed by atoms with Crippen molar-refractivity contribution < 1.29 is 12.9 Å². The first-order chi connectivity index (χ1) is 5.17. The fourth-order valence-corrected chi connectivity index (χ4v) is 1.25. The van der Waals surface area contributed by atoms with Crippen molar-refractivity contribution in [2.75, 3.05) is 0 Å². The van der Waals surface area contributed by atoms with Gasteiger partial charge in [0.1, 0.15) is 0 Å². The fourth-order valence-electron chi connectivity index (χ4n) is 0.644. The molecule has 0 amide bonds. The summed E-state index contributed by atoms with van der Waals surface area (Å²) < 4.78 is 33.0. The first kappa shape index (κ1) is 11.4. The Kier molecular flexibility index (Phi) is 4.16. The topological polar surface area (TPSA) is 46.2 Å². The van der Waals surface area contributed by atoms with Crippen molar-refractivity contribution in [3.63, 3.8) is 0 Å². The lowest BCUT2D eigenvalue weighted by Gasteiger charge is -1.96. The van der Waals surface area contributed by atoms with Crippen LogP contribution < -0.4 is 4.94 Å². The summed E-state index contributed by atoms with van der Waals surface area (Å²) in [6, 6.07) is 7.30. The van der Waals surface area contributed by atoms with E-state index in [4.69, 9.17) is 0 Å². The Bertz CT molecular complexity index is 327. The van der Waals surface area contributed by atoms with E-state index in [1.807, 2.05) is 0 Å². The minimum Gasteiger partial charge on any atom is -0.205 e. The zero-order valence-electron chi connectivity index (χ0n) is 5.90. The molecule has 0 bridgehead atoms. The van der Waals surface area contributed by atoms with Crippen molar-refractivity contribution in [2.24, 2.45) is 0 Å². The monoisotopic (exact) mass is 211 g/mol. The van der Waals surface area contributed by atoms with E-state index in [2.05, 4.69) is 0 Å². The van der Waals surface area contributed by atoms with Gasteiger partial charge in [0.2, 0.25) is 0 Å². The highest BCUT2D eigenvalue weighted by molar-refractivity contribution is 7.89. The van der Waals surface area contributed by atoms with Crippen LogP contribution in [0.15, 0.2) is 35.2 Å². The highest BCUT2D eigenvalue weighted by Gasteiger charge is 2.10. The SMILES string of the molecule is Cl.O=S(=O)(NF)c1ccccc1. The van der Waals surface area contributed by atoms with Gasteiger partial charge in [-0.25, -0.2) is 8.42 Å². The van der Waals surface area contributed by atoms with Crippen molar-refractivity contribution in [3.05, 3.63) is 30.3 Å². The maximum absolute atomic E-state index is 11.6. The third-order valence-electron chi connectivity index (χ3n) is 1.16. The molecule has 0 spiro atoms. The van der Waals surface area contributed by atoms with E-state index >= 15 is 0 Å². The van der Waals surface area contributed by atoms with Crippen molar-refractivity contribution in [3.8, 4) is 0 Å². The largest absolute Gasteiger partial charge is 0.266 e. The minimum atomic E-state index is -3.91. The molecule has 0 aliphatic rings. The molecule has 1 N–H and O–H groups in total. The van der Waals surface area contributed by atoms with E-state index in [9.17, 15) is 12.9 Å². The summed E-state index contributed by atoms with van der Waals surface area (Å²) in [5.74, 6) is 0. The normalized spacial score (nSPS) is 10.4. The molecule has 0 unspecified atom stereocenters. The number of rotatable bonds is 2. The number of benzene rings is 1. The molecule has 6 heteroatoms. The smallest absolute Gasteiger partial charge is 0.205 e. The van der Waals surface area contributed by atoms with Gasteiger partial charge in [0.25, 0.3) is 10.0 Å². The molecule has 1 aromatic rings. The van der Waals surface area contributed by atoms with Gasteiger partial charge in [0, 0.05) is 0 Å². The van der Waals surface area contributed by atoms with Crippen LogP contribution in [0.2, 0.25) is 0 Å². The van der Waals surface area contributed by atoms with Gasteiger partial charge in [-0.15, -0.1) is 16.9 Å². The zero-order chi connectivity index (χ0) is 8.32. The zero-order valence-corrected chi connectivity index (χ0v) is 7.53. The Morgan fingerprint density at radius 1 is 1.17 bits per heavy atom. The molecule has 0 fully saturated rings. The van der Waals surface area contributed by atoms with Crippen LogP contribution in [0.1, 0.15) is 0 Å². The van der Waals surface area contributed by atoms with Crippen LogP contribution in [0.3, 0.4) is 0 Å². The lowest BCUT2D eigenvalue weighted by Crippen LogP contribution is -2.14. The van der Waals surface area contributed by atoms with Gasteiger partial charge in [-0.05, 0) is 17.1 Å². The Hall–Kier alpha value is -0.650. The molecule has 0 saturated heterocycles. The number of sulfonamides is 1. The number of hydrogen-bond donors (Lipinski definition) is 1. The van der Waals surface area contributed by atoms with Gasteiger partial charge in [0.05, 0.1) is 4.90 Å². The van der Waals surface area contributed by atoms with Gasteiger partial charge >= 0.3 is 0 Å². The Morgan fingerprint density at radius 3 is 2.08 bits per heavy atom. The summed E-state index contributed by atoms with van der Waals surface area (Å²) in [7, 11) is -3.91. The summed E-state index contributed by atoms with van der Waals surface area (Å²) in [6.45, 7) is 0. The predicted octanol–water partition coefficient (Wildman–Crippen LogP) is 1.27. The molecule has 0 aromatic heterocycles. The Labute approximate surface area is 76.0 Å². The van der Waals surface area contributed by atoms with Crippen LogP contribution in [0, 0.1) is 0 Å². The van der Waals surface area contributed by atoms with Gasteiger partial charge < -0.3 is 0 Å². The van der Waals surface area contributed by atoms with E-state index in [0.29, 0.717) is 0 Å². The summed E-state index contributed by atoms with van der Waals surface area (Å²) in [4.78, 5) is 0.649. The van der Waals surface area contributed by atoms with E-state index < -0.39 is 10.0 Å². The van der Waals surface area contributed by atoms with E-state index in [0.717, 1.165) is 4.94 Å². The van der Waals surface area contributed by atoms with E-state index in [-0.39, 0.29) is 17.3 Å². The van der Waals surface area contributed by atoms with Crippen LogP contribution in [-0.4, -0.2) is 8.42 Å². The molecule has 1 rings (SSSR count). The first-order valence-corrected chi connectivity index (χ1v) is 4.32. The summed E-state index contributed by atoms with van der Waals surface area (Å²) in [6.07, 6.45) is 0. The molecule has 0 aliphatic carbocycles. The average molecular weight is 212 g/mol. The Morgan fingerprint density at radius 2 is 1.67 bits per heavy atom. The van der Waals surface area contributed by atoms with Gasteiger partial charge in [0.15, 0.2) is 0 Å². The Balaban J connectivity index is 0.00000121. The van der Waals surface area contributed by atoms with Crippen LogP contribution in [-0.2, 0) is 10.0 Å². The second-order valence-corrected chi connectivity index (χ2v) is 3.53. The maximum atomic E-state index is 11.6. The maximum Gasteiger partial charge on any atom is 0.266 e. The quantitative estimate of drug-likeness (QED) is 0.749. The summed E-state index contributed by atoms with van der Waals surface area (Å²) >= 11 is 0. The third kappa shape index (κ3) is 2.44. The van der Waals surface area contributed by atoms with Crippen molar-refractivity contribution in [1.82, 2.24) is 4.94 Å². The summed E-state index contributed by atoms with van der Waals surface area (Å²) in [5.41, 5.74) is 0. The molecular formula is C6H7ClFNO2S. The lowest BCUT2D eigenvalue weighted by molar-refractivity contribution is 0.425. The molecule has 0 saturated carbocycles. The second kappa shape index (κ2) is 4.39. The number of halogens is 2. The fraction of sp³-hybridized carbons (Fsp3) is 0. The highest BCUT2D eigenvalue weighted by Crippen LogP contribution is 2.06. The van der Waals surface area contributed by atoms with Crippen LogP contribution in [0.25, 0.3) is 0 Å². The molecule has 3 nitrogen and oxygen atoms in total. The van der Waals surface area contributed by atoms with Crippen molar-refractivity contribution in [2.45, 2.75) is 4.90 Å². The average Bonchev–Trinajstić information content (AvgIpc) is 2.06. The molecule has 68 valence electrons. The number of nitrogens with one attached hydrogen (secondary N) is 1. The molecule has 0 radical (unpaired) electrons. The van der Waals surface area contributed by atoms with Gasteiger partial charge in [-0.2, -0.15) is 0 Å². The molecule has 12 heavy (non-hydrogen) atoms. The summed E-state index contributed by atoms with van der Waals surface area (Å²) in [5, 5.41) is 0. The number of hydrogen-bond acceptors (Lipinski definition) is 2. The predicted molar refractivity (Wildman–Crippen MR) is 45.1 cm³/mol. The van der Waals surface area contributed by atoms with Crippen LogP contribution in [0.5, 0.6) is 0 Å². The second-order valence-electron chi connectivity index (χ2n) is 1.89. The third-order valence-corrected chi connectivity index (χ3v) is 2.25. The lowest BCUT2D eigenvalue weighted by atomic mass is 10.4. The highest BCUT2D eigenvalue weighted by atomic mass is 35.5. The van der Waals surface area contributed by atoms with Crippen molar-refractivity contribution in [1.29, 1.82) is 0 Å². The molecule has 1 aromatic carbocycles. The van der Waals surface area contributed by atoms with E-state index in [1.165, 1.54) is 24.3 Å². The molecule has 0 heterocycles. The van der Waals surface area contributed by atoms with Gasteiger partial charge in [-0.3, -0.25) is 0 Å². The molecule has 0 aliphatic heterocycles. The first-order valence-electron chi connectivity index (χ1n) is 2.84. The van der Waals surface area contributed by atoms with E-state index in [1.54, 1.807) is 6.07 Å². The van der Waals surface area contributed by atoms with Crippen molar-refractivity contribution >= 4 is 22.4 Å². The van der Waals surface area contributed by atoms with Crippen LogP contribution >= 0.6 is 12.4 Å². The minimum absolute atomic E-state index is 0. The molecule has 0 atom stereocenters.